The molecule has 0 saturated heterocycles. The number of nitrogens with one attached hydrogen (secondary N) is 2. The first-order valence-electron chi connectivity index (χ1n) is 10.0. The van der Waals surface area contributed by atoms with E-state index in [1.54, 1.807) is 0 Å². The predicted molar refractivity (Wildman–Crippen MR) is 125 cm³/mol. The molecule has 5 nitrogen and oxygen atoms in total. The summed E-state index contributed by atoms with van der Waals surface area (Å²) in [6.07, 6.45) is 5.01. The highest BCUT2D eigenvalue weighted by atomic mass is 127. The quantitative estimate of drug-likeness (QED) is 0.284. The third-order valence-electron chi connectivity index (χ3n) is 5.29. The van der Waals surface area contributed by atoms with Crippen molar-refractivity contribution in [2.45, 2.75) is 64.1 Å². The lowest BCUT2D eigenvalue weighted by molar-refractivity contribution is 0.0574. The predicted octanol–water partition coefficient (Wildman–Crippen LogP) is 3.38. The van der Waals surface area contributed by atoms with Crippen molar-refractivity contribution in [1.82, 2.24) is 15.5 Å². The number of benzene rings is 1. The minimum atomic E-state index is -0.592. The molecule has 1 aromatic rings. The van der Waals surface area contributed by atoms with Gasteiger partial charge in [-0.2, -0.15) is 0 Å². The fraction of sp³-hybridized carbons (Fsp3) is 0.667. The van der Waals surface area contributed by atoms with Crippen molar-refractivity contribution in [3.63, 3.8) is 0 Å². The van der Waals surface area contributed by atoms with Crippen molar-refractivity contribution in [2.24, 2.45) is 4.99 Å². The van der Waals surface area contributed by atoms with E-state index in [4.69, 9.17) is 0 Å². The Balaban J connectivity index is 0.00000364. The molecule has 0 bridgehead atoms. The van der Waals surface area contributed by atoms with E-state index in [9.17, 15) is 5.11 Å². The molecule has 2 rings (SSSR count). The summed E-state index contributed by atoms with van der Waals surface area (Å²) in [5, 5.41) is 17.2. The summed E-state index contributed by atoms with van der Waals surface area (Å²) in [6.45, 7) is 7.47. The van der Waals surface area contributed by atoms with E-state index in [0.717, 1.165) is 57.7 Å². The average molecular weight is 488 g/mol. The molecule has 1 aliphatic rings. The first-order valence-corrected chi connectivity index (χ1v) is 10.0. The smallest absolute Gasteiger partial charge is 0.191 e. The second-order valence-electron chi connectivity index (χ2n) is 7.59. The molecule has 1 unspecified atom stereocenters. The standard InChI is InChI=1S/C21H36N4O.HI/c1-4-22-20(24-17-21(26)13-8-9-14-21)23-15-12-18(2)25(3)16-19-10-6-5-7-11-19;/h5-7,10-11,18,26H,4,8-9,12-17H2,1-3H3,(H2,22,23,24);1H. The van der Waals surface area contributed by atoms with Crippen molar-refractivity contribution in [1.29, 1.82) is 0 Å². The summed E-state index contributed by atoms with van der Waals surface area (Å²) < 4.78 is 0. The summed E-state index contributed by atoms with van der Waals surface area (Å²) in [7, 11) is 2.17. The van der Waals surface area contributed by atoms with Gasteiger partial charge in [-0.3, -0.25) is 9.89 Å². The van der Waals surface area contributed by atoms with E-state index in [-0.39, 0.29) is 24.0 Å². The van der Waals surface area contributed by atoms with Crippen LogP contribution in [0.3, 0.4) is 0 Å². The molecule has 1 atom stereocenters. The van der Waals surface area contributed by atoms with Gasteiger partial charge in [-0.15, -0.1) is 24.0 Å². The molecule has 1 saturated carbocycles. The molecule has 0 spiro atoms. The molecule has 0 radical (unpaired) electrons. The Morgan fingerprint density at radius 2 is 1.89 bits per heavy atom. The molecule has 6 heteroatoms. The van der Waals surface area contributed by atoms with Gasteiger partial charge in [0, 0.05) is 25.7 Å². The van der Waals surface area contributed by atoms with Gasteiger partial charge in [-0.1, -0.05) is 43.2 Å². The monoisotopic (exact) mass is 488 g/mol. The highest BCUT2D eigenvalue weighted by Crippen LogP contribution is 2.29. The second-order valence-corrected chi connectivity index (χ2v) is 7.59. The molecular formula is C21H37IN4O. The van der Waals surface area contributed by atoms with Crippen LogP contribution in [0.4, 0.5) is 0 Å². The van der Waals surface area contributed by atoms with Crippen LogP contribution in [0.15, 0.2) is 35.3 Å². The van der Waals surface area contributed by atoms with Crippen LogP contribution < -0.4 is 10.6 Å². The average Bonchev–Trinajstić information content (AvgIpc) is 3.07. The molecule has 1 aromatic carbocycles. The number of aliphatic hydroxyl groups is 1. The summed E-state index contributed by atoms with van der Waals surface area (Å²) in [6, 6.07) is 11.1. The number of nitrogens with zero attached hydrogens (tertiary/aromatic N) is 2. The molecule has 1 fully saturated rings. The maximum Gasteiger partial charge on any atom is 0.191 e. The Hall–Kier alpha value is -0.860. The number of hydrogen-bond acceptors (Lipinski definition) is 3. The minimum absolute atomic E-state index is 0. The molecular weight excluding hydrogens is 451 g/mol. The van der Waals surface area contributed by atoms with Crippen molar-refractivity contribution in [3.05, 3.63) is 35.9 Å². The fourth-order valence-electron chi connectivity index (χ4n) is 3.41. The molecule has 0 heterocycles. The minimum Gasteiger partial charge on any atom is -0.388 e. The van der Waals surface area contributed by atoms with E-state index >= 15 is 0 Å². The molecule has 0 aliphatic heterocycles. The van der Waals surface area contributed by atoms with Gasteiger partial charge in [-0.05, 0) is 45.7 Å². The zero-order chi connectivity index (χ0) is 18.8. The third kappa shape index (κ3) is 8.79. The van der Waals surface area contributed by atoms with Crippen LogP contribution >= 0.6 is 24.0 Å². The van der Waals surface area contributed by atoms with Gasteiger partial charge in [-0.25, -0.2) is 0 Å². The van der Waals surface area contributed by atoms with Crippen LogP contribution in [-0.2, 0) is 6.54 Å². The van der Waals surface area contributed by atoms with E-state index in [0.29, 0.717) is 12.6 Å². The highest BCUT2D eigenvalue weighted by Gasteiger charge is 2.30. The third-order valence-corrected chi connectivity index (χ3v) is 5.29. The first-order chi connectivity index (χ1) is 12.5. The van der Waals surface area contributed by atoms with Gasteiger partial charge < -0.3 is 15.7 Å². The summed E-state index contributed by atoms with van der Waals surface area (Å²) >= 11 is 0. The van der Waals surface area contributed by atoms with Crippen LogP contribution in [0.1, 0.15) is 51.5 Å². The lowest BCUT2D eigenvalue weighted by Crippen LogP contribution is -2.41. The number of rotatable bonds is 9. The number of guanidine groups is 1. The first kappa shape index (κ1) is 24.2. The van der Waals surface area contributed by atoms with Crippen LogP contribution in [0.5, 0.6) is 0 Å². The summed E-state index contributed by atoms with van der Waals surface area (Å²) in [4.78, 5) is 6.98. The van der Waals surface area contributed by atoms with Crippen molar-refractivity contribution in [3.8, 4) is 0 Å². The number of hydrogen-bond donors (Lipinski definition) is 3. The van der Waals surface area contributed by atoms with Crippen molar-refractivity contribution >= 4 is 29.9 Å². The Morgan fingerprint density at radius 1 is 1.22 bits per heavy atom. The van der Waals surface area contributed by atoms with E-state index < -0.39 is 5.60 Å². The second kappa shape index (κ2) is 12.6. The molecule has 1 aliphatic carbocycles. The Bertz CT molecular complexity index is 546. The maximum atomic E-state index is 10.5. The lowest BCUT2D eigenvalue weighted by Gasteiger charge is -2.25. The molecule has 0 amide bonds. The molecule has 27 heavy (non-hydrogen) atoms. The van der Waals surface area contributed by atoms with Gasteiger partial charge in [0.15, 0.2) is 5.96 Å². The van der Waals surface area contributed by atoms with Crippen LogP contribution in [0.2, 0.25) is 0 Å². The zero-order valence-electron chi connectivity index (χ0n) is 17.1. The molecule has 0 aromatic heterocycles. The molecule has 3 N–H and O–H groups in total. The van der Waals surface area contributed by atoms with Crippen molar-refractivity contribution < 1.29 is 5.11 Å². The Kier molecular flexibility index (Phi) is 11.3. The van der Waals surface area contributed by atoms with Gasteiger partial charge in [0.1, 0.15) is 0 Å². The van der Waals surface area contributed by atoms with Gasteiger partial charge in [0.2, 0.25) is 0 Å². The van der Waals surface area contributed by atoms with Crippen LogP contribution in [-0.4, -0.2) is 54.3 Å². The summed E-state index contributed by atoms with van der Waals surface area (Å²) in [5.74, 6) is 0.811. The normalized spacial score (nSPS) is 17.4. The van der Waals surface area contributed by atoms with Gasteiger partial charge in [0.25, 0.3) is 0 Å². The highest BCUT2D eigenvalue weighted by molar-refractivity contribution is 14.0. The Labute approximate surface area is 182 Å². The Morgan fingerprint density at radius 3 is 2.52 bits per heavy atom. The lowest BCUT2D eigenvalue weighted by atomic mass is 10.0. The largest absolute Gasteiger partial charge is 0.388 e. The van der Waals surface area contributed by atoms with Crippen LogP contribution in [0.25, 0.3) is 0 Å². The SMILES string of the molecule is CCNC(=NCC1(O)CCCC1)NCCC(C)N(C)Cc1ccccc1.I. The number of halogens is 1. The zero-order valence-corrected chi connectivity index (χ0v) is 19.4. The van der Waals surface area contributed by atoms with Gasteiger partial charge in [0.05, 0.1) is 12.1 Å². The maximum absolute atomic E-state index is 10.5. The van der Waals surface area contributed by atoms with Crippen molar-refractivity contribution in [2.75, 3.05) is 26.7 Å². The number of aliphatic imine (C=N–C) groups is 1. The topological polar surface area (TPSA) is 59.9 Å². The van der Waals surface area contributed by atoms with E-state index in [2.05, 4.69) is 71.8 Å². The molecule has 154 valence electrons. The van der Waals surface area contributed by atoms with Gasteiger partial charge >= 0.3 is 0 Å². The van der Waals surface area contributed by atoms with E-state index in [1.165, 1.54) is 5.56 Å². The fourth-order valence-corrected chi connectivity index (χ4v) is 3.41. The summed E-state index contributed by atoms with van der Waals surface area (Å²) in [5.41, 5.74) is 0.750. The van der Waals surface area contributed by atoms with Crippen LogP contribution in [0, 0.1) is 0 Å². The van der Waals surface area contributed by atoms with E-state index in [1.807, 2.05) is 0 Å².